The number of carbonyl (C=O) groups excluding carboxylic acids is 1. The summed E-state index contributed by atoms with van der Waals surface area (Å²) in [5.41, 5.74) is 4.38. The summed E-state index contributed by atoms with van der Waals surface area (Å²) >= 11 is 6.28. The number of hydrogen-bond acceptors (Lipinski definition) is 4. The molecule has 0 N–H and O–H groups in total. The summed E-state index contributed by atoms with van der Waals surface area (Å²) in [6.45, 7) is 5.87. The van der Waals surface area contributed by atoms with Gasteiger partial charge in [-0.15, -0.1) is 0 Å². The van der Waals surface area contributed by atoms with Crippen LogP contribution in [0, 0.1) is 20.8 Å². The fraction of sp³-hybridized carbons (Fsp3) is 0.357. The molecule has 0 radical (unpaired) electrons. The summed E-state index contributed by atoms with van der Waals surface area (Å²) in [7, 11) is 2.96. The Morgan fingerprint density at radius 3 is 2.50 bits per heavy atom. The smallest absolute Gasteiger partial charge is 0.357 e. The third-order valence-electron chi connectivity index (χ3n) is 3.25. The summed E-state index contributed by atoms with van der Waals surface area (Å²) in [6, 6.07) is 2.03. The molecule has 0 atom stereocenters. The molecule has 0 bridgehead atoms. The number of methoxy groups -OCH3 is 1. The number of rotatable bonds is 2. The van der Waals surface area contributed by atoms with Gasteiger partial charge >= 0.3 is 5.97 Å². The van der Waals surface area contributed by atoms with E-state index in [0.717, 1.165) is 16.8 Å². The molecule has 5 nitrogen and oxygen atoms in total. The van der Waals surface area contributed by atoms with Crippen molar-refractivity contribution in [2.75, 3.05) is 7.11 Å². The van der Waals surface area contributed by atoms with Crippen molar-refractivity contribution < 1.29 is 9.53 Å². The van der Waals surface area contributed by atoms with Crippen LogP contribution in [-0.4, -0.2) is 27.8 Å². The number of carbonyl (C=O) groups is 1. The maximum Gasteiger partial charge on any atom is 0.357 e. The van der Waals surface area contributed by atoms with Gasteiger partial charge in [-0.1, -0.05) is 17.7 Å². The van der Waals surface area contributed by atoms with Crippen molar-refractivity contribution in [3.05, 3.63) is 33.6 Å². The summed E-state index contributed by atoms with van der Waals surface area (Å²) < 4.78 is 6.13. The monoisotopic (exact) mass is 293 g/mol. The largest absolute Gasteiger partial charge is 0.464 e. The van der Waals surface area contributed by atoms with Crippen LogP contribution >= 0.6 is 11.6 Å². The van der Waals surface area contributed by atoms with Crippen LogP contribution in [0.5, 0.6) is 0 Å². The highest BCUT2D eigenvalue weighted by atomic mass is 35.5. The van der Waals surface area contributed by atoms with E-state index in [1.807, 2.05) is 26.8 Å². The predicted octanol–water partition coefficient (Wildman–Crippen LogP) is 2.85. The van der Waals surface area contributed by atoms with Crippen molar-refractivity contribution in [2.45, 2.75) is 20.8 Å². The quantitative estimate of drug-likeness (QED) is 0.799. The lowest BCUT2D eigenvalue weighted by Crippen LogP contribution is -2.08. The maximum atomic E-state index is 11.7. The summed E-state index contributed by atoms with van der Waals surface area (Å²) in [5.74, 6) is -0.516. The Hall–Kier alpha value is -1.88. The predicted molar refractivity (Wildman–Crippen MR) is 77.0 cm³/mol. The van der Waals surface area contributed by atoms with Gasteiger partial charge in [-0.05, 0) is 31.9 Å². The van der Waals surface area contributed by atoms with Gasteiger partial charge in [0.25, 0.3) is 0 Å². The molecule has 20 heavy (non-hydrogen) atoms. The fourth-order valence-electron chi connectivity index (χ4n) is 2.05. The van der Waals surface area contributed by atoms with Crippen molar-refractivity contribution in [2.24, 2.45) is 7.05 Å². The van der Waals surface area contributed by atoms with Crippen LogP contribution in [0.4, 0.5) is 0 Å². The van der Waals surface area contributed by atoms with Gasteiger partial charge in [-0.3, -0.25) is 9.67 Å². The Balaban J connectivity index is 2.66. The van der Waals surface area contributed by atoms with E-state index < -0.39 is 5.97 Å². The lowest BCUT2D eigenvalue weighted by molar-refractivity contribution is 0.0588. The Morgan fingerprint density at radius 2 is 1.90 bits per heavy atom. The molecule has 0 amide bonds. The van der Waals surface area contributed by atoms with Crippen molar-refractivity contribution in [1.29, 1.82) is 0 Å². The molecule has 106 valence electrons. The molecule has 0 aliphatic heterocycles. The lowest BCUT2D eigenvalue weighted by Gasteiger charge is -2.06. The van der Waals surface area contributed by atoms with E-state index in [1.54, 1.807) is 7.05 Å². The molecule has 6 heteroatoms. The molecular weight excluding hydrogens is 278 g/mol. The van der Waals surface area contributed by atoms with Gasteiger partial charge in [-0.2, -0.15) is 5.10 Å². The second-order valence-corrected chi connectivity index (χ2v) is 5.06. The minimum Gasteiger partial charge on any atom is -0.464 e. The van der Waals surface area contributed by atoms with Gasteiger partial charge in [0.05, 0.1) is 12.8 Å². The van der Waals surface area contributed by atoms with E-state index in [9.17, 15) is 4.79 Å². The first-order valence-electron chi connectivity index (χ1n) is 6.12. The number of aromatic nitrogens is 3. The van der Waals surface area contributed by atoms with Crippen LogP contribution in [0.25, 0.3) is 11.4 Å². The van der Waals surface area contributed by atoms with E-state index in [4.69, 9.17) is 16.3 Å². The van der Waals surface area contributed by atoms with Crippen LogP contribution in [0.15, 0.2) is 6.07 Å². The Labute approximate surface area is 122 Å². The molecule has 0 aliphatic rings. The lowest BCUT2D eigenvalue weighted by atomic mass is 10.1. The van der Waals surface area contributed by atoms with Gasteiger partial charge in [0.2, 0.25) is 0 Å². The molecule has 2 rings (SSSR count). The summed E-state index contributed by atoms with van der Waals surface area (Å²) in [4.78, 5) is 16.2. The number of pyridine rings is 1. The van der Waals surface area contributed by atoms with Gasteiger partial charge < -0.3 is 4.74 Å². The Morgan fingerprint density at radius 1 is 1.25 bits per heavy atom. The summed E-state index contributed by atoms with van der Waals surface area (Å²) in [6.07, 6.45) is 0. The molecule has 2 aromatic heterocycles. The van der Waals surface area contributed by atoms with Crippen molar-refractivity contribution in [3.63, 3.8) is 0 Å². The Bertz CT molecular complexity index is 692. The van der Waals surface area contributed by atoms with Crippen LogP contribution in [0.3, 0.4) is 0 Å². The SMILES string of the molecule is COC(=O)c1c(Cl)c(-c2nc(C)c(C)cc2C)nn1C. The topological polar surface area (TPSA) is 57.0 Å². The second kappa shape index (κ2) is 5.25. The average molecular weight is 294 g/mol. The van der Waals surface area contributed by atoms with E-state index in [0.29, 0.717) is 11.4 Å². The Kier molecular flexibility index (Phi) is 3.81. The first-order chi connectivity index (χ1) is 9.36. The zero-order valence-electron chi connectivity index (χ0n) is 12.1. The molecule has 0 aliphatic carbocycles. The zero-order chi connectivity index (χ0) is 15.0. The molecule has 2 heterocycles. The van der Waals surface area contributed by atoms with Crippen LogP contribution in [0.2, 0.25) is 5.02 Å². The van der Waals surface area contributed by atoms with Gasteiger partial charge in [0.1, 0.15) is 10.7 Å². The first-order valence-corrected chi connectivity index (χ1v) is 6.50. The number of hydrogen-bond donors (Lipinski definition) is 0. The minimum absolute atomic E-state index is 0.226. The molecule has 0 saturated heterocycles. The van der Waals surface area contributed by atoms with Gasteiger partial charge in [0, 0.05) is 12.7 Å². The third-order valence-corrected chi connectivity index (χ3v) is 3.61. The molecule has 2 aromatic rings. The van der Waals surface area contributed by atoms with Crippen LogP contribution < -0.4 is 0 Å². The highest BCUT2D eigenvalue weighted by Crippen LogP contribution is 2.31. The highest BCUT2D eigenvalue weighted by molar-refractivity contribution is 6.35. The van der Waals surface area contributed by atoms with Crippen molar-refractivity contribution in [3.8, 4) is 11.4 Å². The van der Waals surface area contributed by atoms with E-state index >= 15 is 0 Å². The first kappa shape index (κ1) is 14.5. The highest BCUT2D eigenvalue weighted by Gasteiger charge is 2.24. The maximum absolute atomic E-state index is 11.7. The number of aryl methyl sites for hydroxylation is 4. The van der Waals surface area contributed by atoms with Gasteiger partial charge in [-0.25, -0.2) is 4.79 Å². The standard InChI is InChI=1S/C14H16ClN3O2/c1-7-6-8(2)11(16-9(7)3)12-10(15)13(14(19)20-5)18(4)17-12/h6H,1-5H3. The minimum atomic E-state index is -0.516. The van der Waals surface area contributed by atoms with Crippen LogP contribution in [-0.2, 0) is 11.8 Å². The van der Waals surface area contributed by atoms with Crippen LogP contribution in [0.1, 0.15) is 27.3 Å². The third kappa shape index (κ3) is 2.29. The second-order valence-electron chi connectivity index (χ2n) is 4.68. The normalized spacial score (nSPS) is 10.7. The number of halogens is 1. The molecule has 0 saturated carbocycles. The molecule has 0 unspecified atom stereocenters. The van der Waals surface area contributed by atoms with E-state index in [2.05, 4.69) is 10.1 Å². The molecular formula is C14H16ClN3O2. The average Bonchev–Trinajstić information content (AvgIpc) is 2.68. The summed E-state index contributed by atoms with van der Waals surface area (Å²) in [5, 5.41) is 4.56. The number of ether oxygens (including phenoxy) is 1. The number of esters is 1. The van der Waals surface area contributed by atoms with E-state index in [-0.39, 0.29) is 10.7 Å². The molecule has 0 aromatic carbocycles. The van der Waals surface area contributed by atoms with Gasteiger partial charge in [0.15, 0.2) is 5.69 Å². The number of nitrogens with zero attached hydrogens (tertiary/aromatic N) is 3. The zero-order valence-corrected chi connectivity index (χ0v) is 12.9. The molecule has 0 fully saturated rings. The molecule has 0 spiro atoms. The fourth-order valence-corrected chi connectivity index (χ4v) is 2.38. The van der Waals surface area contributed by atoms with Crippen molar-refractivity contribution in [1.82, 2.24) is 14.8 Å². The van der Waals surface area contributed by atoms with Crippen molar-refractivity contribution >= 4 is 17.6 Å². The van der Waals surface area contributed by atoms with E-state index in [1.165, 1.54) is 11.8 Å².